The van der Waals surface area contributed by atoms with Crippen LogP contribution in [0.5, 0.6) is 0 Å². The Morgan fingerprint density at radius 2 is 2.03 bits per heavy atom. The molecule has 12 heteroatoms. The van der Waals surface area contributed by atoms with Gasteiger partial charge in [-0.05, 0) is 18.6 Å². The highest BCUT2D eigenvalue weighted by Gasteiger charge is 2.41. The highest BCUT2D eigenvalue weighted by atomic mass is 35.5. The lowest BCUT2D eigenvalue weighted by atomic mass is 10.0. The smallest absolute Gasteiger partial charge is 0.214 e. The first-order valence-electron chi connectivity index (χ1n) is 10.4. The quantitative estimate of drug-likeness (QED) is 0.461. The minimum Gasteiger partial charge on any atom is -0.379 e. The van der Waals surface area contributed by atoms with Gasteiger partial charge in [-0.15, -0.1) is 0 Å². The first-order chi connectivity index (χ1) is 15.8. The van der Waals surface area contributed by atoms with Crippen molar-refractivity contribution in [2.75, 3.05) is 62.7 Å². The summed E-state index contributed by atoms with van der Waals surface area (Å²) >= 11 is 6.26. The summed E-state index contributed by atoms with van der Waals surface area (Å²) < 4.78 is 69.4. The van der Waals surface area contributed by atoms with Crippen LogP contribution >= 0.6 is 11.6 Å². The standard InChI is InChI=1S/C21H24ClF3N4O3S/c1-31-21(12-28-7-9-32-10-8-28)5-6-29(13-21)15-11-14(23)20(19(25)18(15)22)33(30)27-17-4-2-3-16(24)26-17/h2-4,11H,5-10,12-13H2,1H3,(H,26,27)/t21-,33?/m1/s1. The van der Waals surface area contributed by atoms with Crippen LogP contribution in [0.25, 0.3) is 0 Å². The molecule has 1 aromatic heterocycles. The Labute approximate surface area is 197 Å². The second-order valence-electron chi connectivity index (χ2n) is 8.00. The highest BCUT2D eigenvalue weighted by Crippen LogP contribution is 2.38. The van der Waals surface area contributed by atoms with Crippen molar-refractivity contribution in [3.63, 3.8) is 0 Å². The number of pyridine rings is 1. The molecule has 2 saturated heterocycles. The van der Waals surface area contributed by atoms with Crippen molar-refractivity contribution in [3.05, 3.63) is 46.9 Å². The van der Waals surface area contributed by atoms with Crippen LogP contribution in [0.3, 0.4) is 0 Å². The molecule has 4 rings (SSSR count). The largest absolute Gasteiger partial charge is 0.379 e. The number of halogens is 4. The number of hydrogen-bond donors (Lipinski definition) is 1. The number of aromatic nitrogens is 1. The second kappa shape index (κ2) is 10.1. The Morgan fingerprint density at radius 1 is 1.27 bits per heavy atom. The number of nitrogens with zero attached hydrogens (tertiary/aromatic N) is 3. The van der Waals surface area contributed by atoms with E-state index in [1.54, 1.807) is 12.0 Å². The molecule has 2 aliphatic rings. The van der Waals surface area contributed by atoms with Gasteiger partial charge in [0.15, 0.2) is 16.8 Å². The molecule has 3 heterocycles. The molecule has 0 bridgehead atoms. The van der Waals surface area contributed by atoms with Crippen molar-refractivity contribution in [1.82, 2.24) is 9.88 Å². The number of methoxy groups -OCH3 is 1. The maximum atomic E-state index is 15.1. The van der Waals surface area contributed by atoms with E-state index in [0.29, 0.717) is 39.3 Å². The minimum atomic E-state index is -2.38. The molecule has 2 atom stereocenters. The highest BCUT2D eigenvalue weighted by molar-refractivity contribution is 7.86. The zero-order valence-corrected chi connectivity index (χ0v) is 19.5. The van der Waals surface area contributed by atoms with Crippen molar-refractivity contribution in [1.29, 1.82) is 0 Å². The fourth-order valence-corrected chi connectivity index (χ4v) is 5.39. The number of rotatable bonds is 7. The molecule has 0 radical (unpaired) electrons. The SMILES string of the molecule is CO[C@@]1(CN2CCOCC2)CCN(c2cc(F)c(S(=O)Nc3cccc(F)n3)c(F)c2Cl)C1. The maximum absolute atomic E-state index is 15.1. The summed E-state index contributed by atoms with van der Waals surface area (Å²) in [6.45, 7) is 4.45. The van der Waals surface area contributed by atoms with E-state index in [2.05, 4.69) is 14.6 Å². The van der Waals surface area contributed by atoms with Crippen LogP contribution in [-0.2, 0) is 20.5 Å². The molecule has 2 aromatic rings. The third kappa shape index (κ3) is 5.27. The Kier molecular flexibility index (Phi) is 7.44. The van der Waals surface area contributed by atoms with Crippen LogP contribution in [0, 0.1) is 17.6 Å². The fourth-order valence-electron chi connectivity index (χ4n) is 4.15. The van der Waals surface area contributed by atoms with Crippen LogP contribution in [0.1, 0.15) is 6.42 Å². The molecule has 1 aromatic carbocycles. The van der Waals surface area contributed by atoms with E-state index < -0.39 is 39.1 Å². The lowest BCUT2D eigenvalue weighted by Gasteiger charge is -2.36. The van der Waals surface area contributed by atoms with Gasteiger partial charge in [0.25, 0.3) is 0 Å². The molecular weight excluding hydrogens is 481 g/mol. The number of nitrogens with one attached hydrogen (secondary N) is 1. The number of morpholine rings is 1. The lowest BCUT2D eigenvalue weighted by Crippen LogP contribution is -2.50. The Balaban J connectivity index is 1.54. The third-order valence-corrected chi connectivity index (χ3v) is 7.40. The van der Waals surface area contributed by atoms with E-state index in [1.165, 1.54) is 12.1 Å². The Bertz CT molecular complexity index is 1040. The van der Waals surface area contributed by atoms with Gasteiger partial charge in [0.2, 0.25) is 5.95 Å². The van der Waals surface area contributed by atoms with Gasteiger partial charge in [-0.2, -0.15) is 4.39 Å². The van der Waals surface area contributed by atoms with E-state index >= 15 is 4.39 Å². The molecule has 0 aliphatic carbocycles. The van der Waals surface area contributed by atoms with Crippen molar-refractivity contribution >= 4 is 34.1 Å². The maximum Gasteiger partial charge on any atom is 0.214 e. The molecule has 0 saturated carbocycles. The van der Waals surface area contributed by atoms with Gasteiger partial charge in [0.05, 0.1) is 24.5 Å². The molecule has 0 spiro atoms. The minimum absolute atomic E-state index is 0.125. The van der Waals surface area contributed by atoms with Crippen LogP contribution in [0.15, 0.2) is 29.2 Å². The Hall–Kier alpha value is -1.92. The summed E-state index contributed by atoms with van der Waals surface area (Å²) in [6, 6.07) is 4.82. The fraction of sp³-hybridized carbons (Fsp3) is 0.476. The van der Waals surface area contributed by atoms with Gasteiger partial charge < -0.3 is 14.4 Å². The summed E-state index contributed by atoms with van der Waals surface area (Å²) in [6.07, 6.45) is 0.654. The molecule has 33 heavy (non-hydrogen) atoms. The molecule has 1 unspecified atom stereocenters. The number of hydrogen-bond acceptors (Lipinski definition) is 6. The van der Waals surface area contributed by atoms with Gasteiger partial charge in [0, 0.05) is 45.9 Å². The summed E-state index contributed by atoms with van der Waals surface area (Å²) in [4.78, 5) is 6.76. The molecular formula is C21H24ClF3N4O3S. The van der Waals surface area contributed by atoms with Gasteiger partial charge in [0.1, 0.15) is 21.6 Å². The van der Waals surface area contributed by atoms with Crippen molar-refractivity contribution in [3.8, 4) is 0 Å². The van der Waals surface area contributed by atoms with E-state index in [0.717, 1.165) is 25.2 Å². The van der Waals surface area contributed by atoms with Crippen molar-refractivity contribution in [2.45, 2.75) is 16.9 Å². The topological polar surface area (TPSA) is 66.9 Å². The van der Waals surface area contributed by atoms with Crippen LogP contribution < -0.4 is 9.62 Å². The Morgan fingerprint density at radius 3 is 2.73 bits per heavy atom. The first kappa shape index (κ1) is 24.2. The summed E-state index contributed by atoms with van der Waals surface area (Å²) in [5.41, 5.74) is -0.350. The van der Waals surface area contributed by atoms with E-state index in [1.807, 2.05) is 0 Å². The molecule has 2 fully saturated rings. The van der Waals surface area contributed by atoms with Crippen LogP contribution in [-0.4, -0.2) is 72.7 Å². The number of anilines is 2. The molecule has 7 nitrogen and oxygen atoms in total. The zero-order valence-electron chi connectivity index (χ0n) is 18.0. The predicted octanol–water partition coefficient (Wildman–Crippen LogP) is 3.21. The normalized spacial score (nSPS) is 22.5. The van der Waals surface area contributed by atoms with Crippen molar-refractivity contribution in [2.24, 2.45) is 0 Å². The van der Waals surface area contributed by atoms with Gasteiger partial charge in [-0.25, -0.2) is 18.0 Å². The second-order valence-corrected chi connectivity index (χ2v) is 9.53. The van der Waals surface area contributed by atoms with Gasteiger partial charge in [-0.1, -0.05) is 17.7 Å². The third-order valence-electron chi connectivity index (χ3n) is 5.90. The van der Waals surface area contributed by atoms with Crippen molar-refractivity contribution < 1.29 is 26.9 Å². The van der Waals surface area contributed by atoms with E-state index in [9.17, 15) is 13.0 Å². The average Bonchev–Trinajstić information content (AvgIpc) is 3.21. The van der Waals surface area contributed by atoms with Gasteiger partial charge in [-0.3, -0.25) is 9.62 Å². The molecule has 180 valence electrons. The first-order valence-corrected chi connectivity index (χ1v) is 11.9. The zero-order chi connectivity index (χ0) is 23.6. The van der Waals surface area contributed by atoms with Crippen LogP contribution in [0.2, 0.25) is 5.02 Å². The summed E-state index contributed by atoms with van der Waals surface area (Å²) in [5.74, 6) is -3.12. The van der Waals surface area contributed by atoms with Crippen LogP contribution in [0.4, 0.5) is 24.7 Å². The molecule has 1 N–H and O–H groups in total. The van der Waals surface area contributed by atoms with Gasteiger partial charge >= 0.3 is 0 Å². The lowest BCUT2D eigenvalue weighted by molar-refractivity contribution is -0.0450. The predicted molar refractivity (Wildman–Crippen MR) is 119 cm³/mol. The van der Waals surface area contributed by atoms with E-state index in [4.69, 9.17) is 21.1 Å². The number of ether oxygens (including phenoxy) is 2. The average molecular weight is 505 g/mol. The molecule has 2 aliphatic heterocycles. The number of benzene rings is 1. The summed E-state index contributed by atoms with van der Waals surface area (Å²) in [7, 11) is -0.753. The monoisotopic (exact) mass is 504 g/mol. The van der Waals surface area contributed by atoms with E-state index in [-0.39, 0.29) is 16.5 Å². The molecule has 0 amide bonds. The summed E-state index contributed by atoms with van der Waals surface area (Å²) in [5, 5.41) is -0.341.